The standard InChI is InChI=1S/C29H37N3O6S/c1-21-18-32(22(2)20-33)39(36,37)27-12-11-23(13-16-29(35)14-7-8-15-29)17-25(27)38-26(21)19-31(3)28(34)30-24-9-5-4-6-10-24/h4-6,9-12,17,21-22,26,33,35H,7-8,14-15,18-20H2,1-3H3,(H,30,34)/t21-,22-,26-/m1/s1. The molecule has 1 aliphatic heterocycles. The number of rotatable bonds is 5. The highest BCUT2D eigenvalue weighted by molar-refractivity contribution is 7.89. The third kappa shape index (κ3) is 6.73. The monoisotopic (exact) mass is 555 g/mol. The number of sulfonamides is 1. The molecule has 9 nitrogen and oxygen atoms in total. The molecule has 2 amide bonds. The molecule has 3 N–H and O–H groups in total. The van der Waals surface area contributed by atoms with Crippen molar-refractivity contribution < 1.29 is 28.2 Å². The van der Waals surface area contributed by atoms with Gasteiger partial charge < -0.3 is 25.2 Å². The highest BCUT2D eigenvalue weighted by atomic mass is 32.2. The number of anilines is 1. The number of urea groups is 1. The first kappa shape index (κ1) is 28.9. The van der Waals surface area contributed by atoms with Crippen LogP contribution in [0.4, 0.5) is 10.5 Å². The lowest BCUT2D eigenvalue weighted by Gasteiger charge is -2.37. The number of hydrogen-bond acceptors (Lipinski definition) is 6. The molecule has 0 bridgehead atoms. The van der Waals surface area contributed by atoms with Crippen LogP contribution in [0.2, 0.25) is 0 Å². The number of hydrogen-bond donors (Lipinski definition) is 3. The Kier molecular flexibility index (Phi) is 8.86. The number of aliphatic hydroxyl groups excluding tert-OH is 1. The van der Waals surface area contributed by atoms with Gasteiger partial charge in [0.15, 0.2) is 0 Å². The largest absolute Gasteiger partial charge is 0.487 e. The second-order valence-electron chi connectivity index (χ2n) is 10.6. The van der Waals surface area contributed by atoms with Crippen molar-refractivity contribution in [2.75, 3.05) is 32.1 Å². The van der Waals surface area contributed by atoms with E-state index >= 15 is 0 Å². The first-order valence-corrected chi connectivity index (χ1v) is 14.7. The first-order valence-electron chi connectivity index (χ1n) is 13.3. The molecule has 1 fully saturated rings. The number of likely N-dealkylation sites (N-methyl/N-ethyl adjacent to an activating group) is 1. The van der Waals surface area contributed by atoms with Crippen LogP contribution in [0.3, 0.4) is 0 Å². The lowest BCUT2D eigenvalue weighted by atomic mass is 10.0. The highest BCUT2D eigenvalue weighted by Gasteiger charge is 2.38. The predicted octanol–water partition coefficient (Wildman–Crippen LogP) is 3.28. The number of para-hydroxylation sites is 1. The fourth-order valence-corrected chi connectivity index (χ4v) is 6.71. The lowest BCUT2D eigenvalue weighted by molar-refractivity contribution is 0.0830. The molecule has 4 rings (SSSR count). The zero-order chi connectivity index (χ0) is 28.2. The van der Waals surface area contributed by atoms with E-state index in [1.54, 1.807) is 38.2 Å². The molecule has 210 valence electrons. The Balaban J connectivity index is 1.66. The summed E-state index contributed by atoms with van der Waals surface area (Å²) in [5.74, 6) is 5.76. The van der Waals surface area contributed by atoms with Gasteiger partial charge in [0.2, 0.25) is 10.0 Å². The van der Waals surface area contributed by atoms with Crippen molar-refractivity contribution in [1.82, 2.24) is 9.21 Å². The maximum absolute atomic E-state index is 13.7. The second-order valence-corrected chi connectivity index (χ2v) is 12.4. The van der Waals surface area contributed by atoms with Crippen LogP contribution in [-0.4, -0.2) is 78.4 Å². The van der Waals surface area contributed by atoms with Gasteiger partial charge >= 0.3 is 6.03 Å². The Bertz CT molecular complexity index is 1330. The number of ether oxygens (including phenoxy) is 1. The summed E-state index contributed by atoms with van der Waals surface area (Å²) in [5, 5.41) is 23.3. The van der Waals surface area contributed by atoms with Crippen molar-refractivity contribution in [3.05, 3.63) is 54.1 Å². The number of amides is 2. The summed E-state index contributed by atoms with van der Waals surface area (Å²) >= 11 is 0. The molecule has 0 saturated heterocycles. The minimum atomic E-state index is -4.00. The minimum absolute atomic E-state index is 0.0266. The molecule has 0 unspecified atom stereocenters. The number of fused-ring (bicyclic) bond motifs is 1. The molecule has 3 atom stereocenters. The summed E-state index contributed by atoms with van der Waals surface area (Å²) in [5.41, 5.74) is 0.150. The van der Waals surface area contributed by atoms with Crippen molar-refractivity contribution in [2.45, 2.75) is 62.2 Å². The fraction of sp³-hybridized carbons (Fsp3) is 0.483. The van der Waals surface area contributed by atoms with Gasteiger partial charge in [-0.05, 0) is 62.9 Å². The van der Waals surface area contributed by atoms with Gasteiger partial charge in [-0.3, -0.25) is 0 Å². The van der Waals surface area contributed by atoms with E-state index in [0.29, 0.717) is 24.1 Å². The number of carbonyl (C=O) groups excluding carboxylic acids is 1. The Morgan fingerprint density at radius 2 is 1.92 bits per heavy atom. The molecule has 2 aromatic carbocycles. The van der Waals surface area contributed by atoms with Crippen LogP contribution in [0.1, 0.15) is 45.1 Å². The van der Waals surface area contributed by atoms with E-state index in [2.05, 4.69) is 17.2 Å². The van der Waals surface area contributed by atoms with E-state index in [1.807, 2.05) is 25.1 Å². The van der Waals surface area contributed by atoms with Crippen molar-refractivity contribution >= 4 is 21.7 Å². The van der Waals surface area contributed by atoms with E-state index in [0.717, 1.165) is 12.8 Å². The topological polar surface area (TPSA) is 119 Å². The quantitative estimate of drug-likeness (QED) is 0.488. The number of carbonyl (C=O) groups is 1. The molecule has 1 heterocycles. The van der Waals surface area contributed by atoms with Gasteiger partial charge in [0.05, 0.1) is 13.2 Å². The molecule has 1 saturated carbocycles. The number of aliphatic hydroxyl groups is 2. The van der Waals surface area contributed by atoms with Crippen LogP contribution in [0.15, 0.2) is 53.4 Å². The Hall–Kier alpha value is -3.10. The average molecular weight is 556 g/mol. The van der Waals surface area contributed by atoms with E-state index in [9.17, 15) is 23.4 Å². The highest BCUT2D eigenvalue weighted by Crippen LogP contribution is 2.34. The number of nitrogens with one attached hydrogen (secondary N) is 1. The summed E-state index contributed by atoms with van der Waals surface area (Å²) in [4.78, 5) is 14.4. The number of nitrogens with zero attached hydrogens (tertiary/aromatic N) is 2. The molecular formula is C29H37N3O6S. The van der Waals surface area contributed by atoms with Crippen molar-refractivity contribution in [1.29, 1.82) is 0 Å². The zero-order valence-electron chi connectivity index (χ0n) is 22.6. The summed E-state index contributed by atoms with van der Waals surface area (Å²) in [6, 6.07) is 12.8. The molecular weight excluding hydrogens is 518 g/mol. The van der Waals surface area contributed by atoms with Crippen molar-refractivity contribution in [2.24, 2.45) is 5.92 Å². The SMILES string of the molecule is C[C@@H]1CN([C@H](C)CO)S(=O)(=O)c2ccc(C#CC3(O)CCCC3)cc2O[C@@H]1CN(C)C(=O)Nc1ccccc1. The average Bonchev–Trinajstić information content (AvgIpc) is 3.36. The smallest absolute Gasteiger partial charge is 0.321 e. The van der Waals surface area contributed by atoms with Gasteiger partial charge in [-0.15, -0.1) is 0 Å². The molecule has 2 aromatic rings. The molecule has 2 aliphatic rings. The van der Waals surface area contributed by atoms with Gasteiger partial charge in [-0.25, -0.2) is 13.2 Å². The van der Waals surface area contributed by atoms with Crippen LogP contribution in [0.5, 0.6) is 5.75 Å². The Morgan fingerprint density at radius 1 is 1.23 bits per heavy atom. The predicted molar refractivity (Wildman–Crippen MR) is 149 cm³/mol. The molecule has 1 aliphatic carbocycles. The Morgan fingerprint density at radius 3 is 2.59 bits per heavy atom. The second kappa shape index (κ2) is 12.0. The molecule has 0 radical (unpaired) electrons. The van der Waals surface area contributed by atoms with Crippen LogP contribution >= 0.6 is 0 Å². The van der Waals surface area contributed by atoms with Crippen LogP contribution in [0, 0.1) is 17.8 Å². The molecule has 39 heavy (non-hydrogen) atoms. The molecule has 10 heteroatoms. The van der Waals surface area contributed by atoms with Crippen molar-refractivity contribution in [3.8, 4) is 17.6 Å². The zero-order valence-corrected chi connectivity index (χ0v) is 23.4. The fourth-order valence-electron chi connectivity index (χ4n) is 4.89. The van der Waals surface area contributed by atoms with Gasteiger partial charge in [0.1, 0.15) is 22.4 Å². The Labute approximate surface area is 230 Å². The molecule has 0 aromatic heterocycles. The van der Waals surface area contributed by atoms with Gasteiger partial charge in [0.25, 0.3) is 0 Å². The first-order chi connectivity index (χ1) is 18.5. The van der Waals surface area contributed by atoms with Crippen LogP contribution in [0.25, 0.3) is 0 Å². The van der Waals surface area contributed by atoms with Crippen LogP contribution < -0.4 is 10.1 Å². The van der Waals surface area contributed by atoms with Crippen molar-refractivity contribution in [3.63, 3.8) is 0 Å². The van der Waals surface area contributed by atoms with Gasteiger partial charge in [-0.1, -0.05) is 37.0 Å². The van der Waals surface area contributed by atoms with Gasteiger partial charge in [-0.2, -0.15) is 4.31 Å². The molecule has 0 spiro atoms. The third-order valence-electron chi connectivity index (χ3n) is 7.36. The van der Waals surface area contributed by atoms with Gasteiger partial charge in [0, 0.05) is 36.8 Å². The van der Waals surface area contributed by atoms with E-state index in [-0.39, 0.29) is 42.3 Å². The maximum atomic E-state index is 13.7. The van der Waals surface area contributed by atoms with E-state index in [4.69, 9.17) is 4.74 Å². The van der Waals surface area contributed by atoms with E-state index in [1.165, 1.54) is 15.3 Å². The van der Waals surface area contributed by atoms with E-state index < -0.39 is 27.8 Å². The normalized spacial score (nSPS) is 22.7. The minimum Gasteiger partial charge on any atom is -0.487 e. The maximum Gasteiger partial charge on any atom is 0.321 e. The summed E-state index contributed by atoms with van der Waals surface area (Å²) in [6.45, 7) is 3.48. The lowest BCUT2D eigenvalue weighted by Crippen LogP contribution is -2.50. The number of benzene rings is 2. The summed E-state index contributed by atoms with van der Waals surface area (Å²) in [6.07, 6.45) is 2.50. The summed E-state index contributed by atoms with van der Waals surface area (Å²) < 4.78 is 35.0. The summed E-state index contributed by atoms with van der Waals surface area (Å²) in [7, 11) is -2.34. The third-order valence-corrected chi connectivity index (χ3v) is 9.38. The van der Waals surface area contributed by atoms with Crippen LogP contribution in [-0.2, 0) is 10.0 Å².